The van der Waals surface area contributed by atoms with Crippen LogP contribution in [0.15, 0.2) is 47.4 Å². The summed E-state index contributed by atoms with van der Waals surface area (Å²) in [7, 11) is 3.05. The molecule has 0 aliphatic carbocycles. The molecular formula is C21H20N2O5S. The minimum absolute atomic E-state index is 0.230. The highest BCUT2D eigenvalue weighted by atomic mass is 32.2. The third kappa shape index (κ3) is 4.97. The Morgan fingerprint density at radius 2 is 1.69 bits per heavy atom. The van der Waals surface area contributed by atoms with Crippen LogP contribution in [-0.4, -0.2) is 42.7 Å². The van der Waals surface area contributed by atoms with Gasteiger partial charge in [-0.1, -0.05) is 17.7 Å². The summed E-state index contributed by atoms with van der Waals surface area (Å²) in [5.74, 6) is 0.168. The molecule has 0 atom stereocenters. The fraction of sp³-hybridized carbons (Fsp3) is 0.190. The number of anilines is 1. The Kier molecular flexibility index (Phi) is 6.23. The molecule has 1 aliphatic rings. The van der Waals surface area contributed by atoms with E-state index >= 15 is 0 Å². The molecule has 0 aromatic heterocycles. The molecule has 2 aromatic rings. The lowest BCUT2D eigenvalue weighted by Crippen LogP contribution is -2.36. The lowest BCUT2D eigenvalue weighted by atomic mass is 10.2. The van der Waals surface area contributed by atoms with Gasteiger partial charge in [-0.2, -0.15) is 0 Å². The highest BCUT2D eigenvalue weighted by Crippen LogP contribution is 2.33. The Hall–Kier alpha value is -3.26. The molecule has 0 radical (unpaired) electrons. The number of benzene rings is 2. The number of carbonyl (C=O) groups excluding carboxylic acids is 3. The van der Waals surface area contributed by atoms with E-state index in [9.17, 15) is 14.4 Å². The van der Waals surface area contributed by atoms with E-state index < -0.39 is 17.1 Å². The highest BCUT2D eigenvalue weighted by molar-refractivity contribution is 8.18. The van der Waals surface area contributed by atoms with Crippen LogP contribution in [0.5, 0.6) is 11.5 Å². The molecule has 3 rings (SSSR count). The molecule has 1 heterocycles. The second kappa shape index (κ2) is 8.83. The molecule has 1 aliphatic heterocycles. The molecule has 29 heavy (non-hydrogen) atoms. The molecule has 1 N–H and O–H groups in total. The number of hydrogen-bond acceptors (Lipinski definition) is 6. The first-order chi connectivity index (χ1) is 13.9. The zero-order chi connectivity index (χ0) is 21.0. The number of rotatable bonds is 6. The van der Waals surface area contributed by atoms with Crippen LogP contribution in [0.4, 0.5) is 10.5 Å². The zero-order valence-electron chi connectivity index (χ0n) is 16.2. The van der Waals surface area contributed by atoms with Crippen LogP contribution < -0.4 is 14.8 Å². The topological polar surface area (TPSA) is 84.9 Å². The van der Waals surface area contributed by atoms with Gasteiger partial charge in [-0.3, -0.25) is 19.3 Å². The Labute approximate surface area is 172 Å². The van der Waals surface area contributed by atoms with Crippen molar-refractivity contribution in [2.45, 2.75) is 6.92 Å². The summed E-state index contributed by atoms with van der Waals surface area (Å²) >= 11 is 0.791. The number of methoxy groups -OCH3 is 2. The molecular weight excluding hydrogens is 392 g/mol. The molecule has 3 amide bonds. The van der Waals surface area contributed by atoms with Gasteiger partial charge in [-0.05, 0) is 54.6 Å². The largest absolute Gasteiger partial charge is 0.497 e. The molecule has 0 unspecified atom stereocenters. The first kappa shape index (κ1) is 20.5. The van der Waals surface area contributed by atoms with Gasteiger partial charge in [0.15, 0.2) is 0 Å². The SMILES string of the molecule is COc1cc(/C=C2/SC(=O)N(CC(=O)Nc3ccc(C)cc3)C2=O)cc(OC)c1. The number of imide groups is 1. The van der Waals surface area contributed by atoms with Crippen molar-refractivity contribution in [3.8, 4) is 11.5 Å². The molecule has 8 heteroatoms. The van der Waals surface area contributed by atoms with Crippen LogP contribution in [0.2, 0.25) is 0 Å². The van der Waals surface area contributed by atoms with Crippen LogP contribution in [0, 0.1) is 6.92 Å². The van der Waals surface area contributed by atoms with Gasteiger partial charge in [0.1, 0.15) is 18.0 Å². The third-order valence-electron chi connectivity index (χ3n) is 4.18. The van der Waals surface area contributed by atoms with E-state index in [1.807, 2.05) is 19.1 Å². The molecule has 1 saturated heterocycles. The lowest BCUT2D eigenvalue weighted by molar-refractivity contribution is -0.127. The van der Waals surface area contributed by atoms with Gasteiger partial charge in [-0.15, -0.1) is 0 Å². The second-order valence-electron chi connectivity index (χ2n) is 6.33. The molecule has 1 fully saturated rings. The van der Waals surface area contributed by atoms with Gasteiger partial charge in [0.05, 0.1) is 19.1 Å². The Bertz CT molecular complexity index is 963. The second-order valence-corrected chi connectivity index (χ2v) is 7.32. The highest BCUT2D eigenvalue weighted by Gasteiger charge is 2.36. The number of aryl methyl sites for hydroxylation is 1. The van der Waals surface area contributed by atoms with Gasteiger partial charge in [-0.25, -0.2) is 0 Å². The maximum Gasteiger partial charge on any atom is 0.294 e. The quantitative estimate of drug-likeness (QED) is 0.729. The number of ether oxygens (including phenoxy) is 2. The van der Waals surface area contributed by atoms with Gasteiger partial charge < -0.3 is 14.8 Å². The van der Waals surface area contributed by atoms with E-state index in [2.05, 4.69) is 5.32 Å². The summed E-state index contributed by atoms with van der Waals surface area (Å²) in [5.41, 5.74) is 2.32. The predicted octanol–water partition coefficient (Wildman–Crippen LogP) is 3.69. The Morgan fingerprint density at radius 3 is 2.28 bits per heavy atom. The van der Waals surface area contributed by atoms with E-state index in [0.29, 0.717) is 22.7 Å². The Morgan fingerprint density at radius 1 is 1.07 bits per heavy atom. The summed E-state index contributed by atoms with van der Waals surface area (Å²) in [4.78, 5) is 38.3. The maximum atomic E-state index is 12.6. The number of amides is 3. The van der Waals surface area contributed by atoms with Crippen molar-refractivity contribution in [3.05, 3.63) is 58.5 Å². The normalized spacial score (nSPS) is 15.0. The van der Waals surface area contributed by atoms with Crippen LogP contribution in [0.3, 0.4) is 0 Å². The summed E-state index contributed by atoms with van der Waals surface area (Å²) in [5, 5.41) is 2.19. The van der Waals surface area contributed by atoms with E-state index in [0.717, 1.165) is 22.2 Å². The van der Waals surface area contributed by atoms with Crippen LogP contribution in [0.1, 0.15) is 11.1 Å². The summed E-state index contributed by atoms with van der Waals surface area (Å²) in [6, 6.07) is 12.4. The van der Waals surface area contributed by atoms with E-state index in [1.165, 1.54) is 14.2 Å². The molecule has 0 bridgehead atoms. The maximum absolute atomic E-state index is 12.6. The van der Waals surface area contributed by atoms with Gasteiger partial charge in [0.2, 0.25) is 5.91 Å². The summed E-state index contributed by atoms with van der Waals surface area (Å²) in [6.07, 6.45) is 1.58. The van der Waals surface area contributed by atoms with Gasteiger partial charge in [0.25, 0.3) is 11.1 Å². The monoisotopic (exact) mass is 412 g/mol. The Balaban J connectivity index is 1.73. The van der Waals surface area contributed by atoms with Crippen molar-refractivity contribution in [1.82, 2.24) is 4.90 Å². The summed E-state index contributed by atoms with van der Waals surface area (Å²) in [6.45, 7) is 1.59. The first-order valence-electron chi connectivity index (χ1n) is 8.74. The average molecular weight is 412 g/mol. The molecule has 0 saturated carbocycles. The van der Waals surface area contributed by atoms with Crippen molar-refractivity contribution >= 4 is 40.6 Å². The van der Waals surface area contributed by atoms with Crippen molar-refractivity contribution in [1.29, 1.82) is 0 Å². The van der Waals surface area contributed by atoms with Gasteiger partial charge in [0, 0.05) is 11.8 Å². The number of nitrogens with zero attached hydrogens (tertiary/aromatic N) is 1. The van der Waals surface area contributed by atoms with Crippen molar-refractivity contribution < 1.29 is 23.9 Å². The lowest BCUT2D eigenvalue weighted by Gasteiger charge is -2.12. The minimum atomic E-state index is -0.513. The molecule has 2 aromatic carbocycles. The van der Waals surface area contributed by atoms with Crippen LogP contribution in [0.25, 0.3) is 6.08 Å². The molecule has 7 nitrogen and oxygen atoms in total. The number of nitrogens with one attached hydrogen (secondary N) is 1. The minimum Gasteiger partial charge on any atom is -0.497 e. The third-order valence-corrected chi connectivity index (χ3v) is 5.09. The fourth-order valence-electron chi connectivity index (χ4n) is 2.68. The van der Waals surface area contributed by atoms with Crippen molar-refractivity contribution in [2.24, 2.45) is 0 Å². The first-order valence-corrected chi connectivity index (χ1v) is 9.56. The number of hydrogen-bond donors (Lipinski definition) is 1. The van der Waals surface area contributed by atoms with Crippen LogP contribution in [-0.2, 0) is 9.59 Å². The standard InChI is InChI=1S/C21H20N2O5S/c1-13-4-6-15(7-5-13)22-19(24)12-23-20(25)18(29-21(23)26)10-14-8-16(27-2)11-17(9-14)28-3/h4-11H,12H2,1-3H3,(H,22,24)/b18-10+. The fourth-order valence-corrected chi connectivity index (χ4v) is 3.52. The van der Waals surface area contributed by atoms with Crippen molar-refractivity contribution in [2.75, 3.05) is 26.1 Å². The number of carbonyl (C=O) groups is 3. The van der Waals surface area contributed by atoms with E-state index in [1.54, 1.807) is 36.4 Å². The van der Waals surface area contributed by atoms with Crippen LogP contribution >= 0.6 is 11.8 Å². The predicted molar refractivity (Wildman–Crippen MR) is 112 cm³/mol. The molecule has 150 valence electrons. The van der Waals surface area contributed by atoms with Gasteiger partial charge >= 0.3 is 0 Å². The van der Waals surface area contributed by atoms with E-state index in [4.69, 9.17) is 9.47 Å². The summed E-state index contributed by atoms with van der Waals surface area (Å²) < 4.78 is 10.4. The number of thioether (sulfide) groups is 1. The van der Waals surface area contributed by atoms with Crippen molar-refractivity contribution in [3.63, 3.8) is 0 Å². The van der Waals surface area contributed by atoms with E-state index in [-0.39, 0.29) is 11.4 Å². The smallest absolute Gasteiger partial charge is 0.294 e. The molecule has 0 spiro atoms. The zero-order valence-corrected chi connectivity index (χ0v) is 17.0. The average Bonchev–Trinajstić information content (AvgIpc) is 2.96.